The van der Waals surface area contributed by atoms with Gasteiger partial charge in [-0.2, -0.15) is 5.26 Å². The summed E-state index contributed by atoms with van der Waals surface area (Å²) in [5.74, 6) is -0.507. The number of benzene rings is 1. The SMILES string of the molecule is N#Cc1cc(F)ccc1CC[SH](=O)=O. The molecule has 1 aromatic rings. The quantitative estimate of drug-likeness (QED) is 0.757. The molecule has 14 heavy (non-hydrogen) atoms. The zero-order chi connectivity index (χ0) is 10.6. The van der Waals surface area contributed by atoms with Crippen molar-refractivity contribution in [3.05, 3.63) is 35.1 Å². The minimum absolute atomic E-state index is 0.0182. The molecule has 74 valence electrons. The second-order valence-corrected chi connectivity index (χ2v) is 3.83. The Kier molecular flexibility index (Phi) is 3.60. The van der Waals surface area contributed by atoms with Gasteiger partial charge in [-0.3, -0.25) is 0 Å². The first-order valence-corrected chi connectivity index (χ1v) is 5.30. The van der Waals surface area contributed by atoms with Gasteiger partial charge in [-0.25, -0.2) is 12.8 Å². The highest BCUT2D eigenvalue weighted by Gasteiger charge is 2.03. The van der Waals surface area contributed by atoms with E-state index in [1.807, 2.05) is 6.07 Å². The third kappa shape index (κ3) is 2.82. The number of aryl methyl sites for hydroxylation is 1. The van der Waals surface area contributed by atoms with Crippen LogP contribution in [-0.2, 0) is 17.1 Å². The molecule has 0 heterocycles. The average molecular weight is 213 g/mol. The molecule has 0 saturated carbocycles. The Balaban J connectivity index is 2.92. The first-order chi connectivity index (χ1) is 6.63. The van der Waals surface area contributed by atoms with Crippen LogP contribution in [0.1, 0.15) is 11.1 Å². The number of nitriles is 1. The summed E-state index contributed by atoms with van der Waals surface area (Å²) in [5.41, 5.74) is 0.759. The molecule has 0 spiro atoms. The molecule has 0 N–H and O–H groups in total. The largest absolute Gasteiger partial charge is 0.232 e. The Labute approximate surface area is 82.7 Å². The molecule has 1 rings (SSSR count). The summed E-state index contributed by atoms with van der Waals surface area (Å²) in [6, 6.07) is 5.58. The van der Waals surface area contributed by atoms with Crippen molar-refractivity contribution in [1.82, 2.24) is 0 Å². The fraction of sp³-hybridized carbons (Fsp3) is 0.222. The van der Waals surface area contributed by atoms with Crippen molar-refractivity contribution in [1.29, 1.82) is 5.26 Å². The molecule has 0 bridgehead atoms. The van der Waals surface area contributed by atoms with Crippen LogP contribution in [0.15, 0.2) is 18.2 Å². The van der Waals surface area contributed by atoms with Crippen LogP contribution in [0.5, 0.6) is 0 Å². The van der Waals surface area contributed by atoms with Crippen LogP contribution < -0.4 is 0 Å². The second-order valence-electron chi connectivity index (χ2n) is 2.72. The monoisotopic (exact) mass is 213 g/mol. The van der Waals surface area contributed by atoms with Crippen molar-refractivity contribution in [2.75, 3.05) is 5.75 Å². The van der Waals surface area contributed by atoms with Gasteiger partial charge < -0.3 is 0 Å². The molecule has 0 aliphatic rings. The summed E-state index contributed by atoms with van der Waals surface area (Å²) in [7, 11) is -2.45. The van der Waals surface area contributed by atoms with Gasteiger partial charge in [-0.1, -0.05) is 6.07 Å². The molecule has 5 heteroatoms. The number of hydrogen-bond acceptors (Lipinski definition) is 3. The lowest BCUT2D eigenvalue weighted by Crippen LogP contribution is -1.97. The second kappa shape index (κ2) is 4.72. The molecule has 0 aliphatic heterocycles. The van der Waals surface area contributed by atoms with Crippen LogP contribution in [0.4, 0.5) is 4.39 Å². The van der Waals surface area contributed by atoms with E-state index in [9.17, 15) is 12.8 Å². The average Bonchev–Trinajstić information content (AvgIpc) is 2.15. The van der Waals surface area contributed by atoms with Gasteiger partial charge in [-0.15, -0.1) is 0 Å². The van der Waals surface area contributed by atoms with Gasteiger partial charge in [0.1, 0.15) is 16.5 Å². The summed E-state index contributed by atoms with van der Waals surface area (Å²) in [4.78, 5) is 0. The van der Waals surface area contributed by atoms with E-state index in [0.29, 0.717) is 5.56 Å². The predicted molar refractivity (Wildman–Crippen MR) is 50.0 cm³/mol. The number of halogens is 1. The summed E-state index contributed by atoms with van der Waals surface area (Å²) in [6.45, 7) is 0. The molecule has 0 saturated heterocycles. The van der Waals surface area contributed by atoms with Crippen LogP contribution in [-0.4, -0.2) is 14.2 Å². The highest BCUT2D eigenvalue weighted by atomic mass is 32.2. The molecule has 0 aromatic heterocycles. The van der Waals surface area contributed by atoms with Crippen molar-refractivity contribution in [3.63, 3.8) is 0 Å². The van der Waals surface area contributed by atoms with Crippen molar-refractivity contribution in [2.24, 2.45) is 0 Å². The van der Waals surface area contributed by atoms with Crippen LogP contribution in [0, 0.1) is 17.1 Å². The van der Waals surface area contributed by atoms with E-state index < -0.39 is 16.5 Å². The highest BCUT2D eigenvalue weighted by Crippen LogP contribution is 2.10. The summed E-state index contributed by atoms with van der Waals surface area (Å²) >= 11 is 0. The highest BCUT2D eigenvalue weighted by molar-refractivity contribution is 7.72. The molecule has 1 aromatic carbocycles. The smallest absolute Gasteiger partial charge is 0.140 e. The molecule has 0 radical (unpaired) electrons. The van der Waals surface area contributed by atoms with Gasteiger partial charge in [0.05, 0.1) is 17.4 Å². The molecule has 0 aliphatic carbocycles. The van der Waals surface area contributed by atoms with Crippen molar-refractivity contribution >= 4 is 10.7 Å². The summed E-state index contributed by atoms with van der Waals surface area (Å²) in [5, 5.41) is 8.64. The third-order valence-electron chi connectivity index (χ3n) is 1.76. The Morgan fingerprint density at radius 2 is 2.14 bits per heavy atom. The Morgan fingerprint density at radius 1 is 1.43 bits per heavy atom. The lowest BCUT2D eigenvalue weighted by atomic mass is 10.1. The molecular formula is C9H8FNO2S. The summed E-state index contributed by atoms with van der Waals surface area (Å²) in [6.07, 6.45) is 0.252. The van der Waals surface area contributed by atoms with Crippen molar-refractivity contribution in [3.8, 4) is 6.07 Å². The summed E-state index contributed by atoms with van der Waals surface area (Å²) < 4.78 is 33.3. The molecule has 0 atom stereocenters. The van der Waals surface area contributed by atoms with Gasteiger partial charge in [0.25, 0.3) is 0 Å². The maximum absolute atomic E-state index is 12.7. The van der Waals surface area contributed by atoms with Gasteiger partial charge in [-0.05, 0) is 24.1 Å². The number of hydrogen-bond donors (Lipinski definition) is 1. The number of thiol groups is 1. The van der Waals surface area contributed by atoms with Crippen LogP contribution in [0.25, 0.3) is 0 Å². The lowest BCUT2D eigenvalue weighted by Gasteiger charge is -2.00. The van der Waals surface area contributed by atoms with E-state index in [2.05, 4.69) is 0 Å². The fourth-order valence-corrected chi connectivity index (χ4v) is 1.51. The first-order valence-electron chi connectivity index (χ1n) is 3.94. The predicted octanol–water partition coefficient (Wildman–Crippen LogP) is 0.851. The maximum Gasteiger partial charge on any atom is 0.140 e. The van der Waals surface area contributed by atoms with Crippen molar-refractivity contribution in [2.45, 2.75) is 6.42 Å². The standard InChI is InChI=1S/C9H8FNO2S/c10-9-2-1-7(3-4-14(12)13)8(5-9)6-11/h1-2,5,14H,3-4H2. The normalized spacial score (nSPS) is 10.1. The van der Waals surface area contributed by atoms with E-state index >= 15 is 0 Å². The van der Waals surface area contributed by atoms with Gasteiger partial charge in [0.15, 0.2) is 0 Å². The molecule has 3 nitrogen and oxygen atoms in total. The van der Waals surface area contributed by atoms with E-state index in [1.54, 1.807) is 0 Å². The lowest BCUT2D eigenvalue weighted by molar-refractivity contribution is 0.613. The fourth-order valence-electron chi connectivity index (χ4n) is 1.08. The minimum Gasteiger partial charge on any atom is -0.232 e. The van der Waals surface area contributed by atoms with E-state index in [4.69, 9.17) is 5.26 Å². The topological polar surface area (TPSA) is 57.9 Å². The Bertz CT molecular complexity index is 441. The van der Waals surface area contributed by atoms with Gasteiger partial charge in [0.2, 0.25) is 0 Å². The van der Waals surface area contributed by atoms with Crippen molar-refractivity contribution < 1.29 is 12.8 Å². The van der Waals surface area contributed by atoms with E-state index in [-0.39, 0.29) is 17.7 Å². The molecule has 0 unspecified atom stereocenters. The Morgan fingerprint density at radius 3 is 2.71 bits per heavy atom. The van der Waals surface area contributed by atoms with Gasteiger partial charge >= 0.3 is 0 Å². The maximum atomic E-state index is 12.7. The van der Waals surface area contributed by atoms with Crippen LogP contribution in [0.3, 0.4) is 0 Å². The zero-order valence-corrected chi connectivity index (χ0v) is 8.13. The third-order valence-corrected chi connectivity index (χ3v) is 2.34. The first kappa shape index (κ1) is 10.7. The van der Waals surface area contributed by atoms with Gasteiger partial charge in [0, 0.05) is 0 Å². The molecular weight excluding hydrogens is 205 g/mol. The van der Waals surface area contributed by atoms with E-state index in [0.717, 1.165) is 6.07 Å². The number of nitrogens with zero attached hydrogens (tertiary/aromatic N) is 1. The minimum atomic E-state index is -2.45. The van der Waals surface area contributed by atoms with E-state index in [1.165, 1.54) is 12.1 Å². The molecule has 0 amide bonds. The molecule has 0 fully saturated rings. The van der Waals surface area contributed by atoms with Crippen LogP contribution >= 0.6 is 0 Å². The zero-order valence-electron chi connectivity index (χ0n) is 7.24. The number of rotatable bonds is 3. The van der Waals surface area contributed by atoms with Crippen LogP contribution in [0.2, 0.25) is 0 Å². The Hall–Kier alpha value is -1.41.